The minimum absolute atomic E-state index is 0.505. The van der Waals surface area contributed by atoms with Crippen LogP contribution in [0.5, 0.6) is 0 Å². The second-order valence-electron chi connectivity index (χ2n) is 3.00. The second kappa shape index (κ2) is 3.89. The van der Waals surface area contributed by atoms with E-state index >= 15 is 0 Å². The highest BCUT2D eigenvalue weighted by Crippen LogP contribution is 2.29. The smallest absolute Gasteiger partial charge is 0.263 e. The molecule has 0 aliphatic rings. The Hall–Kier alpha value is -1.37. The molecule has 0 aliphatic heterocycles. The lowest BCUT2D eigenvalue weighted by Crippen LogP contribution is -2.03. The molecule has 2 heterocycles. The van der Waals surface area contributed by atoms with E-state index in [1.807, 2.05) is 0 Å². The van der Waals surface area contributed by atoms with Crippen LogP contribution in [0.3, 0.4) is 0 Å². The van der Waals surface area contributed by atoms with Crippen LogP contribution < -0.4 is 0 Å². The van der Waals surface area contributed by atoms with Gasteiger partial charge in [0, 0.05) is 18.6 Å². The summed E-state index contributed by atoms with van der Waals surface area (Å²) in [4.78, 5) is 3.82. The summed E-state index contributed by atoms with van der Waals surface area (Å²) < 4.78 is 38.7. The monoisotopic (exact) mass is 291 g/mol. The molecule has 0 fully saturated rings. The molecule has 7 heteroatoms. The lowest BCUT2D eigenvalue weighted by atomic mass is 10.3. The highest BCUT2D eigenvalue weighted by atomic mass is 79.9. The quantitative estimate of drug-likeness (QED) is 0.808. The van der Waals surface area contributed by atoms with E-state index in [9.17, 15) is 13.2 Å². The minimum Gasteiger partial charge on any atom is -0.263 e. The zero-order valence-corrected chi connectivity index (χ0v) is 9.33. The van der Waals surface area contributed by atoms with Gasteiger partial charge in [-0.2, -0.15) is 18.3 Å². The van der Waals surface area contributed by atoms with E-state index in [1.165, 1.54) is 12.4 Å². The SMILES string of the molecule is FC(F)(F)c1cnn(-c2ccncc2Br)c1. The Morgan fingerprint density at radius 1 is 1.25 bits per heavy atom. The van der Waals surface area contributed by atoms with Gasteiger partial charge in [0.05, 0.1) is 21.9 Å². The first kappa shape index (κ1) is 11.1. The number of rotatable bonds is 1. The molecule has 0 bridgehead atoms. The number of alkyl halides is 3. The summed E-state index contributed by atoms with van der Waals surface area (Å²) in [6.45, 7) is 0. The molecule has 2 rings (SSSR count). The fourth-order valence-electron chi connectivity index (χ4n) is 1.15. The summed E-state index contributed by atoms with van der Waals surface area (Å²) in [7, 11) is 0. The summed E-state index contributed by atoms with van der Waals surface area (Å²) in [5, 5.41) is 3.65. The van der Waals surface area contributed by atoms with E-state index < -0.39 is 11.7 Å². The van der Waals surface area contributed by atoms with Crippen molar-refractivity contribution >= 4 is 15.9 Å². The largest absolute Gasteiger partial charge is 0.419 e. The maximum absolute atomic E-state index is 12.3. The van der Waals surface area contributed by atoms with E-state index in [1.54, 1.807) is 6.07 Å². The molecule has 3 nitrogen and oxygen atoms in total. The summed E-state index contributed by atoms with van der Waals surface area (Å²) in [5.74, 6) is 0. The Morgan fingerprint density at radius 2 is 2.00 bits per heavy atom. The molecule has 0 N–H and O–H groups in total. The molecule has 0 atom stereocenters. The highest BCUT2D eigenvalue weighted by Gasteiger charge is 2.32. The molecule has 0 saturated carbocycles. The van der Waals surface area contributed by atoms with E-state index in [0.29, 0.717) is 10.2 Å². The first-order valence-corrected chi connectivity index (χ1v) is 4.99. The number of hydrogen-bond acceptors (Lipinski definition) is 2. The average molecular weight is 292 g/mol. The Morgan fingerprint density at radius 3 is 2.56 bits per heavy atom. The normalized spacial score (nSPS) is 11.8. The fourth-order valence-corrected chi connectivity index (χ4v) is 1.59. The third kappa shape index (κ3) is 2.08. The summed E-state index contributed by atoms with van der Waals surface area (Å²) >= 11 is 3.19. The van der Waals surface area contributed by atoms with Crippen LogP contribution in [0.4, 0.5) is 13.2 Å². The molecule has 0 spiro atoms. The Balaban J connectivity index is 2.44. The van der Waals surface area contributed by atoms with E-state index in [2.05, 4.69) is 26.0 Å². The van der Waals surface area contributed by atoms with Gasteiger partial charge in [0.2, 0.25) is 0 Å². The molecule has 0 aromatic carbocycles. The number of halogens is 4. The van der Waals surface area contributed by atoms with Crippen molar-refractivity contribution in [2.75, 3.05) is 0 Å². The summed E-state index contributed by atoms with van der Waals surface area (Å²) in [6.07, 6.45) is 0.310. The number of hydrogen-bond donors (Lipinski definition) is 0. The van der Waals surface area contributed by atoms with Gasteiger partial charge in [-0.05, 0) is 22.0 Å². The fraction of sp³-hybridized carbons (Fsp3) is 0.111. The zero-order chi connectivity index (χ0) is 11.8. The van der Waals surface area contributed by atoms with Crippen LogP contribution in [-0.4, -0.2) is 14.8 Å². The van der Waals surface area contributed by atoms with E-state index in [0.717, 1.165) is 17.1 Å². The Bertz CT molecular complexity index is 507. The number of pyridine rings is 1. The van der Waals surface area contributed by atoms with Gasteiger partial charge in [0.1, 0.15) is 0 Å². The number of nitrogens with zero attached hydrogens (tertiary/aromatic N) is 3. The average Bonchev–Trinajstić information content (AvgIpc) is 2.66. The van der Waals surface area contributed by atoms with Gasteiger partial charge in [0.15, 0.2) is 0 Å². The Labute approximate surface area is 97.0 Å². The lowest BCUT2D eigenvalue weighted by Gasteiger charge is -2.03. The molecule has 0 unspecified atom stereocenters. The summed E-state index contributed by atoms with van der Waals surface area (Å²) in [6, 6.07) is 1.57. The molecule has 84 valence electrons. The van der Waals surface area contributed by atoms with Gasteiger partial charge in [0.25, 0.3) is 0 Å². The highest BCUT2D eigenvalue weighted by molar-refractivity contribution is 9.10. The van der Waals surface area contributed by atoms with Gasteiger partial charge in [-0.1, -0.05) is 0 Å². The Kier molecular flexibility index (Phi) is 2.71. The predicted molar refractivity (Wildman–Crippen MR) is 54.1 cm³/mol. The molecule has 2 aromatic rings. The standard InChI is InChI=1S/C9H5BrF3N3/c10-7-4-14-2-1-8(7)16-5-6(3-15-16)9(11,12)13/h1-5H. The molecule has 0 saturated heterocycles. The van der Waals surface area contributed by atoms with Crippen LogP contribution in [0, 0.1) is 0 Å². The first-order chi connectivity index (χ1) is 7.48. The number of aromatic nitrogens is 3. The van der Waals surface area contributed by atoms with Crippen LogP contribution in [0.25, 0.3) is 5.69 Å². The molecule has 2 aromatic heterocycles. The maximum atomic E-state index is 12.3. The van der Waals surface area contributed by atoms with Crippen LogP contribution in [-0.2, 0) is 6.18 Å². The minimum atomic E-state index is -4.38. The van der Waals surface area contributed by atoms with Crippen molar-refractivity contribution in [2.24, 2.45) is 0 Å². The molecule has 0 aliphatic carbocycles. The lowest BCUT2D eigenvalue weighted by molar-refractivity contribution is -0.137. The van der Waals surface area contributed by atoms with Gasteiger partial charge in [-0.15, -0.1) is 0 Å². The topological polar surface area (TPSA) is 30.7 Å². The van der Waals surface area contributed by atoms with Crippen LogP contribution in [0.15, 0.2) is 35.3 Å². The van der Waals surface area contributed by atoms with Crippen LogP contribution >= 0.6 is 15.9 Å². The molecule has 16 heavy (non-hydrogen) atoms. The van der Waals surface area contributed by atoms with Crippen molar-refractivity contribution in [3.05, 3.63) is 40.9 Å². The van der Waals surface area contributed by atoms with Crippen molar-refractivity contribution in [3.63, 3.8) is 0 Å². The van der Waals surface area contributed by atoms with Gasteiger partial charge in [-0.25, -0.2) is 4.68 Å². The van der Waals surface area contributed by atoms with Crippen molar-refractivity contribution in [1.29, 1.82) is 0 Å². The van der Waals surface area contributed by atoms with Gasteiger partial charge in [-0.3, -0.25) is 4.98 Å². The third-order valence-corrected chi connectivity index (χ3v) is 2.52. The van der Waals surface area contributed by atoms with Crippen molar-refractivity contribution in [2.45, 2.75) is 6.18 Å². The molecule has 0 radical (unpaired) electrons. The van der Waals surface area contributed by atoms with Crippen LogP contribution in [0.1, 0.15) is 5.56 Å². The van der Waals surface area contributed by atoms with Gasteiger partial charge < -0.3 is 0 Å². The molecule has 0 amide bonds. The van der Waals surface area contributed by atoms with Crippen molar-refractivity contribution in [1.82, 2.24) is 14.8 Å². The van der Waals surface area contributed by atoms with E-state index in [-0.39, 0.29) is 0 Å². The van der Waals surface area contributed by atoms with Crippen LogP contribution in [0.2, 0.25) is 0 Å². The maximum Gasteiger partial charge on any atom is 0.419 e. The third-order valence-electron chi connectivity index (χ3n) is 1.91. The van der Waals surface area contributed by atoms with E-state index in [4.69, 9.17) is 0 Å². The summed E-state index contributed by atoms with van der Waals surface area (Å²) in [5.41, 5.74) is -0.276. The van der Waals surface area contributed by atoms with Crippen molar-refractivity contribution < 1.29 is 13.2 Å². The van der Waals surface area contributed by atoms with Crippen molar-refractivity contribution in [3.8, 4) is 5.69 Å². The zero-order valence-electron chi connectivity index (χ0n) is 7.74. The first-order valence-electron chi connectivity index (χ1n) is 4.20. The molecular formula is C9H5BrF3N3. The second-order valence-corrected chi connectivity index (χ2v) is 3.85. The molecular weight excluding hydrogens is 287 g/mol. The van der Waals surface area contributed by atoms with Gasteiger partial charge >= 0.3 is 6.18 Å². The predicted octanol–water partition coefficient (Wildman–Crippen LogP) is 3.05.